The summed E-state index contributed by atoms with van der Waals surface area (Å²) in [6.45, 7) is 3.28. The summed E-state index contributed by atoms with van der Waals surface area (Å²) in [6, 6.07) is -1.19. The number of rotatable bonds is 4. The average Bonchev–Trinajstić information content (AvgIpc) is 3.13. The van der Waals surface area contributed by atoms with Crippen molar-refractivity contribution >= 4 is 17.6 Å². The minimum Gasteiger partial charge on any atom is -0.480 e. The molecule has 2 atom stereocenters. The maximum Gasteiger partial charge on any atom is 0.326 e. The van der Waals surface area contributed by atoms with Crippen molar-refractivity contribution in [2.75, 3.05) is 18.1 Å². The fourth-order valence-corrected chi connectivity index (χ4v) is 3.54. The van der Waals surface area contributed by atoms with Crippen LogP contribution in [-0.2, 0) is 21.4 Å². The van der Waals surface area contributed by atoms with Crippen molar-refractivity contribution in [1.29, 1.82) is 0 Å². The van der Waals surface area contributed by atoms with Crippen LogP contribution in [-0.4, -0.2) is 57.6 Å². The van der Waals surface area contributed by atoms with Gasteiger partial charge in [-0.1, -0.05) is 0 Å². The van der Waals surface area contributed by atoms with Crippen molar-refractivity contribution in [3.05, 3.63) is 12.4 Å². The summed E-state index contributed by atoms with van der Waals surface area (Å²) in [6.07, 6.45) is 5.85. The van der Waals surface area contributed by atoms with Crippen LogP contribution in [0.5, 0.6) is 0 Å². The number of hydrogen-bond donors (Lipinski definition) is 2. The molecule has 24 heavy (non-hydrogen) atoms. The van der Waals surface area contributed by atoms with Gasteiger partial charge in [0, 0.05) is 32.0 Å². The summed E-state index contributed by atoms with van der Waals surface area (Å²) in [5.41, 5.74) is 0.372. The van der Waals surface area contributed by atoms with E-state index in [-0.39, 0.29) is 11.4 Å². The molecule has 2 saturated heterocycles. The number of carbonyl (C=O) groups is 2. The summed E-state index contributed by atoms with van der Waals surface area (Å²) in [4.78, 5) is 26.1. The summed E-state index contributed by atoms with van der Waals surface area (Å²) in [7, 11) is 1.77. The van der Waals surface area contributed by atoms with Crippen LogP contribution in [0.2, 0.25) is 0 Å². The zero-order valence-corrected chi connectivity index (χ0v) is 14.1. The number of nitrogens with zero attached hydrogens (tertiary/aromatic N) is 3. The Bertz CT molecular complexity index is 623. The summed E-state index contributed by atoms with van der Waals surface area (Å²) in [5, 5.41) is 16.7. The molecule has 0 saturated carbocycles. The van der Waals surface area contributed by atoms with Crippen LogP contribution in [0.1, 0.15) is 32.6 Å². The van der Waals surface area contributed by atoms with E-state index in [1.807, 2.05) is 6.92 Å². The molecule has 1 amide bonds. The molecule has 3 rings (SSSR count). The Kier molecular flexibility index (Phi) is 4.49. The third kappa shape index (κ3) is 3.24. The highest BCUT2D eigenvalue weighted by molar-refractivity contribution is 5.90. The second-order valence-corrected chi connectivity index (χ2v) is 6.89. The zero-order valence-electron chi connectivity index (χ0n) is 14.1. The van der Waals surface area contributed by atoms with Crippen LogP contribution in [0.15, 0.2) is 12.4 Å². The highest BCUT2D eigenvalue weighted by Crippen LogP contribution is 2.31. The average molecular weight is 336 g/mol. The van der Waals surface area contributed by atoms with E-state index in [1.165, 1.54) is 0 Å². The first-order valence-corrected chi connectivity index (χ1v) is 8.29. The molecule has 1 aromatic rings. The Morgan fingerprint density at radius 3 is 2.58 bits per heavy atom. The number of hydrogen-bond acceptors (Lipinski definition) is 5. The molecule has 2 aliphatic heterocycles. The molecule has 3 heterocycles. The fourth-order valence-electron chi connectivity index (χ4n) is 3.54. The van der Waals surface area contributed by atoms with E-state index < -0.39 is 18.1 Å². The van der Waals surface area contributed by atoms with E-state index in [0.29, 0.717) is 31.7 Å². The summed E-state index contributed by atoms with van der Waals surface area (Å²) < 4.78 is 6.98. The molecule has 2 unspecified atom stereocenters. The Morgan fingerprint density at radius 1 is 1.33 bits per heavy atom. The quantitative estimate of drug-likeness (QED) is 0.832. The molecule has 0 aromatic carbocycles. The third-order valence-electron chi connectivity index (χ3n) is 4.98. The second-order valence-electron chi connectivity index (χ2n) is 6.89. The van der Waals surface area contributed by atoms with E-state index in [9.17, 15) is 14.7 Å². The highest BCUT2D eigenvalue weighted by Gasteiger charge is 2.43. The number of carboxylic acids is 1. The Morgan fingerprint density at radius 2 is 2.00 bits per heavy atom. The Hall–Kier alpha value is -2.09. The molecule has 2 fully saturated rings. The van der Waals surface area contributed by atoms with Gasteiger partial charge in [0.05, 0.1) is 11.9 Å². The number of aryl methyl sites for hydroxylation is 1. The van der Waals surface area contributed by atoms with E-state index >= 15 is 0 Å². The third-order valence-corrected chi connectivity index (χ3v) is 4.98. The van der Waals surface area contributed by atoms with E-state index in [4.69, 9.17) is 4.74 Å². The van der Waals surface area contributed by atoms with Gasteiger partial charge in [-0.25, -0.2) is 4.79 Å². The lowest BCUT2D eigenvalue weighted by Gasteiger charge is -2.37. The summed E-state index contributed by atoms with van der Waals surface area (Å²) >= 11 is 0. The van der Waals surface area contributed by atoms with Gasteiger partial charge < -0.3 is 20.1 Å². The SMILES string of the molecule is Cn1cc(N2C(C(=O)O)CCC2C(=O)NC2(C)CCOCC2)cn1. The van der Waals surface area contributed by atoms with Gasteiger partial charge in [0.2, 0.25) is 5.91 Å². The molecular weight excluding hydrogens is 312 g/mol. The molecule has 0 bridgehead atoms. The summed E-state index contributed by atoms with van der Waals surface area (Å²) in [5.74, 6) is -1.03. The number of aromatic nitrogens is 2. The van der Waals surface area contributed by atoms with Crippen molar-refractivity contribution in [3.63, 3.8) is 0 Å². The van der Waals surface area contributed by atoms with E-state index in [1.54, 1.807) is 29.0 Å². The maximum absolute atomic E-state index is 12.9. The molecule has 1 aromatic heterocycles. The van der Waals surface area contributed by atoms with Gasteiger partial charge in [0.15, 0.2) is 0 Å². The van der Waals surface area contributed by atoms with E-state index in [2.05, 4.69) is 10.4 Å². The lowest BCUT2D eigenvalue weighted by atomic mass is 9.92. The van der Waals surface area contributed by atoms with Crippen molar-refractivity contribution in [1.82, 2.24) is 15.1 Å². The molecule has 0 aliphatic carbocycles. The van der Waals surface area contributed by atoms with Crippen LogP contribution >= 0.6 is 0 Å². The van der Waals surface area contributed by atoms with Crippen LogP contribution in [0.3, 0.4) is 0 Å². The number of nitrogens with one attached hydrogen (secondary N) is 1. The molecule has 0 spiro atoms. The van der Waals surface area contributed by atoms with Crippen molar-refractivity contribution in [3.8, 4) is 0 Å². The monoisotopic (exact) mass is 336 g/mol. The van der Waals surface area contributed by atoms with Gasteiger partial charge in [-0.2, -0.15) is 5.10 Å². The standard InChI is InChI=1S/C16H24N4O4/c1-16(5-7-24-8-6-16)18-14(21)12-3-4-13(15(22)23)20(12)11-9-17-19(2)10-11/h9-10,12-13H,3-8H2,1-2H3,(H,18,21)(H,22,23). The van der Waals surface area contributed by atoms with Crippen LogP contribution in [0.4, 0.5) is 5.69 Å². The number of anilines is 1. The smallest absolute Gasteiger partial charge is 0.326 e. The largest absolute Gasteiger partial charge is 0.480 e. The van der Waals surface area contributed by atoms with Crippen molar-refractivity contribution < 1.29 is 19.4 Å². The van der Waals surface area contributed by atoms with Gasteiger partial charge in [-0.3, -0.25) is 9.48 Å². The highest BCUT2D eigenvalue weighted by atomic mass is 16.5. The zero-order chi connectivity index (χ0) is 17.3. The Labute approximate surface area is 140 Å². The van der Waals surface area contributed by atoms with Gasteiger partial charge in [-0.15, -0.1) is 0 Å². The molecule has 2 N–H and O–H groups in total. The fraction of sp³-hybridized carbons (Fsp3) is 0.688. The van der Waals surface area contributed by atoms with Crippen molar-refractivity contribution in [2.45, 2.75) is 50.2 Å². The molecular formula is C16H24N4O4. The van der Waals surface area contributed by atoms with Gasteiger partial charge in [0.1, 0.15) is 12.1 Å². The second kappa shape index (κ2) is 6.43. The predicted molar refractivity (Wildman–Crippen MR) is 86.7 cm³/mol. The molecule has 2 aliphatic rings. The first-order chi connectivity index (χ1) is 11.4. The number of ether oxygens (including phenoxy) is 1. The number of amides is 1. The van der Waals surface area contributed by atoms with Crippen LogP contribution in [0.25, 0.3) is 0 Å². The lowest BCUT2D eigenvalue weighted by molar-refractivity contribution is -0.138. The van der Waals surface area contributed by atoms with E-state index in [0.717, 1.165) is 12.8 Å². The van der Waals surface area contributed by atoms with Gasteiger partial charge >= 0.3 is 5.97 Å². The normalized spacial score (nSPS) is 26.3. The predicted octanol–water partition coefficient (Wildman–Crippen LogP) is 0.527. The lowest BCUT2D eigenvalue weighted by Crippen LogP contribution is -2.56. The number of aliphatic carboxylic acids is 1. The van der Waals surface area contributed by atoms with Crippen molar-refractivity contribution in [2.24, 2.45) is 7.05 Å². The van der Waals surface area contributed by atoms with Gasteiger partial charge in [0.25, 0.3) is 0 Å². The maximum atomic E-state index is 12.9. The molecule has 0 radical (unpaired) electrons. The van der Waals surface area contributed by atoms with Gasteiger partial charge in [-0.05, 0) is 32.6 Å². The molecule has 8 nitrogen and oxygen atoms in total. The number of carboxylic acid groups (broad SMARTS) is 1. The minimum atomic E-state index is -0.911. The number of carbonyl (C=O) groups excluding carboxylic acids is 1. The topological polar surface area (TPSA) is 96.7 Å². The first-order valence-electron chi connectivity index (χ1n) is 8.29. The minimum absolute atomic E-state index is 0.119. The first kappa shape index (κ1) is 16.8. The Balaban J connectivity index is 1.79. The van der Waals surface area contributed by atoms with Crippen LogP contribution in [0, 0.1) is 0 Å². The molecule has 8 heteroatoms. The molecule has 132 valence electrons. The van der Waals surface area contributed by atoms with Crippen LogP contribution < -0.4 is 10.2 Å².